The van der Waals surface area contributed by atoms with Gasteiger partial charge in [-0.05, 0) is 69.7 Å². The fourth-order valence-corrected chi connectivity index (χ4v) is 6.27. The first-order chi connectivity index (χ1) is 23.6. The standard InChI is InChI=1S/C36H36F4N4O5/c1-3-46-28(45)13-10-20-7-6-8-24-33(20)48-16-14-36(24,2)26-19-42-35(43-26)22-17-21(11-12-25(22)37)49-34-29(38)23(18-41)32(30(39)31(34)40)44-27-9-4-5-15-47-27/h6-8,11-12,17-19,27,41,44H,3-5,9-10,13-16H2,1-2H3,(H,42,43). The molecule has 0 spiro atoms. The second kappa shape index (κ2) is 14.3. The van der Waals surface area contributed by atoms with Gasteiger partial charge < -0.3 is 34.7 Å². The van der Waals surface area contributed by atoms with Crippen molar-refractivity contribution in [3.63, 3.8) is 0 Å². The normalized spacial score (nSPS) is 18.7. The van der Waals surface area contributed by atoms with Gasteiger partial charge in [0, 0.05) is 42.1 Å². The Hall–Kier alpha value is -4.91. The predicted octanol–water partition coefficient (Wildman–Crippen LogP) is 7.95. The molecule has 13 heteroatoms. The topological polar surface area (TPSA) is 119 Å². The number of anilines is 1. The fourth-order valence-electron chi connectivity index (χ4n) is 6.27. The van der Waals surface area contributed by atoms with Crippen LogP contribution in [-0.2, 0) is 26.1 Å². The van der Waals surface area contributed by atoms with Crippen LogP contribution in [0.25, 0.3) is 11.4 Å². The minimum atomic E-state index is -1.61. The number of aromatic nitrogens is 2. The van der Waals surface area contributed by atoms with Crippen molar-refractivity contribution < 1.29 is 41.3 Å². The van der Waals surface area contributed by atoms with Crippen molar-refractivity contribution in [2.24, 2.45) is 0 Å². The Morgan fingerprint density at radius 1 is 1.14 bits per heavy atom. The first-order valence-corrected chi connectivity index (χ1v) is 16.2. The Labute approximate surface area is 280 Å². The number of aryl methyl sites for hydroxylation is 1. The van der Waals surface area contributed by atoms with Crippen molar-refractivity contribution >= 4 is 17.9 Å². The summed E-state index contributed by atoms with van der Waals surface area (Å²) in [5.74, 6) is -5.79. The number of carbonyl (C=O) groups is 1. The van der Waals surface area contributed by atoms with Gasteiger partial charge in [-0.25, -0.2) is 18.2 Å². The lowest BCUT2D eigenvalue weighted by Gasteiger charge is -2.36. The molecule has 258 valence electrons. The fraction of sp³-hybridized carbons (Fsp3) is 0.361. The van der Waals surface area contributed by atoms with Gasteiger partial charge in [0.15, 0.2) is 11.6 Å². The van der Waals surface area contributed by atoms with E-state index in [0.29, 0.717) is 56.7 Å². The number of carbonyl (C=O) groups excluding carboxylic acids is 1. The number of hydrogen-bond acceptors (Lipinski definition) is 8. The third-order valence-electron chi connectivity index (χ3n) is 8.97. The number of aromatic amines is 1. The van der Waals surface area contributed by atoms with Gasteiger partial charge in [-0.3, -0.25) is 4.79 Å². The molecule has 0 aliphatic carbocycles. The molecule has 2 aliphatic heterocycles. The highest BCUT2D eigenvalue weighted by Crippen LogP contribution is 2.45. The van der Waals surface area contributed by atoms with Gasteiger partial charge in [0.2, 0.25) is 11.6 Å². The van der Waals surface area contributed by atoms with Gasteiger partial charge in [0.1, 0.15) is 29.4 Å². The van der Waals surface area contributed by atoms with E-state index < -0.39 is 51.9 Å². The minimum absolute atomic E-state index is 0.0517. The van der Waals surface area contributed by atoms with Crippen molar-refractivity contribution in [1.29, 1.82) is 5.41 Å². The van der Waals surface area contributed by atoms with Gasteiger partial charge in [-0.1, -0.05) is 18.2 Å². The molecule has 3 aromatic carbocycles. The largest absolute Gasteiger partial charge is 0.493 e. The molecule has 0 bridgehead atoms. The third-order valence-corrected chi connectivity index (χ3v) is 8.97. The Morgan fingerprint density at radius 2 is 1.98 bits per heavy atom. The van der Waals surface area contributed by atoms with Crippen molar-refractivity contribution in [2.45, 2.75) is 64.0 Å². The zero-order valence-corrected chi connectivity index (χ0v) is 27.1. The molecular formula is C36H36F4N4O5. The molecule has 2 aliphatic rings. The van der Waals surface area contributed by atoms with E-state index in [1.807, 2.05) is 25.1 Å². The molecule has 4 aromatic rings. The van der Waals surface area contributed by atoms with Crippen LogP contribution in [0.2, 0.25) is 0 Å². The number of H-pyrrole nitrogens is 1. The molecule has 9 nitrogen and oxygen atoms in total. The zero-order chi connectivity index (χ0) is 34.7. The summed E-state index contributed by atoms with van der Waals surface area (Å²) >= 11 is 0. The lowest BCUT2D eigenvalue weighted by atomic mass is 9.74. The summed E-state index contributed by atoms with van der Waals surface area (Å²) in [6.07, 6.45) is 4.81. The van der Waals surface area contributed by atoms with Crippen molar-refractivity contribution in [3.8, 4) is 28.6 Å². The highest BCUT2D eigenvalue weighted by atomic mass is 19.2. The van der Waals surface area contributed by atoms with Gasteiger partial charge in [0.05, 0.1) is 30.0 Å². The van der Waals surface area contributed by atoms with Crippen LogP contribution in [0.1, 0.15) is 68.3 Å². The quantitative estimate of drug-likeness (QED) is 0.0637. The van der Waals surface area contributed by atoms with E-state index in [1.165, 1.54) is 6.07 Å². The van der Waals surface area contributed by atoms with E-state index in [-0.39, 0.29) is 29.5 Å². The molecule has 2 atom stereocenters. The van der Waals surface area contributed by atoms with Gasteiger partial charge in [-0.15, -0.1) is 0 Å². The molecule has 0 saturated carbocycles. The molecule has 1 fully saturated rings. The van der Waals surface area contributed by atoms with Crippen LogP contribution in [0.3, 0.4) is 0 Å². The van der Waals surface area contributed by atoms with Gasteiger partial charge in [0.25, 0.3) is 0 Å². The summed E-state index contributed by atoms with van der Waals surface area (Å²) in [7, 11) is 0. The molecule has 0 amide bonds. The summed E-state index contributed by atoms with van der Waals surface area (Å²) in [6, 6.07) is 9.14. The van der Waals surface area contributed by atoms with Crippen LogP contribution in [-0.4, -0.2) is 48.2 Å². The Bertz CT molecular complexity index is 1880. The number of hydrogen-bond donors (Lipinski definition) is 3. The number of nitrogens with one attached hydrogen (secondary N) is 3. The van der Waals surface area contributed by atoms with Crippen molar-refractivity contribution in [2.75, 3.05) is 25.1 Å². The number of benzene rings is 3. The molecule has 3 heterocycles. The van der Waals surface area contributed by atoms with E-state index in [9.17, 15) is 4.79 Å². The van der Waals surface area contributed by atoms with Crippen LogP contribution in [0.4, 0.5) is 23.2 Å². The number of fused-ring (bicyclic) bond motifs is 1. The lowest BCUT2D eigenvalue weighted by molar-refractivity contribution is -0.143. The van der Waals surface area contributed by atoms with Crippen molar-refractivity contribution in [1.82, 2.24) is 9.97 Å². The second-order valence-corrected chi connectivity index (χ2v) is 12.1. The van der Waals surface area contributed by atoms with E-state index in [2.05, 4.69) is 15.3 Å². The number of para-hydroxylation sites is 1. The summed E-state index contributed by atoms with van der Waals surface area (Å²) < 4.78 is 83.4. The summed E-state index contributed by atoms with van der Waals surface area (Å²) in [5, 5.41) is 10.4. The maximum atomic E-state index is 15.6. The number of esters is 1. The highest BCUT2D eigenvalue weighted by molar-refractivity contribution is 5.87. The Kier molecular flexibility index (Phi) is 9.91. The summed E-state index contributed by atoms with van der Waals surface area (Å²) in [4.78, 5) is 19.6. The predicted molar refractivity (Wildman–Crippen MR) is 173 cm³/mol. The van der Waals surface area contributed by atoms with E-state index in [0.717, 1.165) is 36.1 Å². The molecule has 1 saturated heterocycles. The molecule has 3 N–H and O–H groups in total. The molecule has 0 radical (unpaired) electrons. The van der Waals surface area contributed by atoms with E-state index >= 15 is 17.6 Å². The van der Waals surface area contributed by atoms with Crippen LogP contribution >= 0.6 is 0 Å². The number of halogens is 4. The zero-order valence-electron chi connectivity index (χ0n) is 27.1. The van der Waals surface area contributed by atoms with Gasteiger partial charge >= 0.3 is 5.97 Å². The number of rotatable bonds is 11. The SMILES string of the molecule is CCOC(=O)CCc1cccc2c1OCCC2(C)c1cnc(-c2cc(Oc3c(F)c(F)c(NC4CCCCO4)c(C=N)c3F)ccc2F)[nH]1. The summed E-state index contributed by atoms with van der Waals surface area (Å²) in [6.45, 7) is 4.87. The molecule has 49 heavy (non-hydrogen) atoms. The lowest BCUT2D eigenvalue weighted by Crippen LogP contribution is -2.32. The maximum Gasteiger partial charge on any atom is 0.306 e. The van der Waals surface area contributed by atoms with Gasteiger partial charge in [-0.2, -0.15) is 4.39 Å². The first kappa shape index (κ1) is 34.0. The Balaban J connectivity index is 1.28. The number of nitrogens with zero attached hydrogens (tertiary/aromatic N) is 1. The highest BCUT2D eigenvalue weighted by Gasteiger charge is 2.38. The van der Waals surface area contributed by atoms with E-state index in [1.54, 1.807) is 13.1 Å². The molecule has 6 rings (SSSR count). The second-order valence-electron chi connectivity index (χ2n) is 12.1. The minimum Gasteiger partial charge on any atom is -0.493 e. The third kappa shape index (κ3) is 6.71. The molecular weight excluding hydrogens is 644 g/mol. The van der Waals surface area contributed by atoms with Crippen LogP contribution < -0.4 is 14.8 Å². The Morgan fingerprint density at radius 3 is 2.73 bits per heavy atom. The maximum absolute atomic E-state index is 15.6. The average Bonchev–Trinajstić information content (AvgIpc) is 3.61. The molecule has 2 unspecified atom stereocenters. The van der Waals surface area contributed by atoms with Crippen LogP contribution in [0, 0.1) is 28.7 Å². The molecule has 1 aromatic heterocycles. The van der Waals surface area contributed by atoms with Crippen LogP contribution in [0.15, 0.2) is 42.6 Å². The monoisotopic (exact) mass is 680 g/mol. The summed E-state index contributed by atoms with van der Waals surface area (Å²) in [5.41, 5.74) is 0.645. The van der Waals surface area contributed by atoms with E-state index in [4.69, 9.17) is 24.4 Å². The average molecular weight is 681 g/mol. The van der Waals surface area contributed by atoms with Crippen LogP contribution in [0.5, 0.6) is 17.2 Å². The smallest absolute Gasteiger partial charge is 0.306 e. The number of ether oxygens (including phenoxy) is 4. The van der Waals surface area contributed by atoms with Crippen molar-refractivity contribution in [3.05, 3.63) is 88.2 Å². The number of imidazole rings is 1. The first-order valence-electron chi connectivity index (χ1n) is 16.2.